The Balaban J connectivity index is 0.00000121. The molecule has 1 aromatic carbocycles. The van der Waals surface area contributed by atoms with Crippen LogP contribution in [0, 0.1) is 0 Å². The van der Waals surface area contributed by atoms with Gasteiger partial charge in [0.1, 0.15) is 0 Å². The van der Waals surface area contributed by atoms with Crippen molar-refractivity contribution >= 4 is 5.97 Å². The molecule has 4 heteroatoms. The third kappa shape index (κ3) is 3.12. The van der Waals surface area contributed by atoms with E-state index in [1.165, 1.54) is 7.11 Å². The predicted molar refractivity (Wildman–Crippen MR) is 38.9 cm³/mol. The summed E-state index contributed by atoms with van der Waals surface area (Å²) in [6, 6.07) is 8.64. The van der Waals surface area contributed by atoms with Gasteiger partial charge in [-0.05, 0) is 12.1 Å². The molecule has 0 fully saturated rings. The average Bonchev–Trinajstić information content (AvgIpc) is 2.07. The van der Waals surface area contributed by atoms with E-state index in [4.69, 9.17) is 0 Å². The Bertz CT molecular complexity index is 235. The summed E-state index contributed by atoms with van der Waals surface area (Å²) in [7, 11) is 1.29. The minimum atomic E-state index is -0.479. The first-order valence-electron chi connectivity index (χ1n) is 3.14. The number of hydrogen-bond acceptors (Lipinski definition) is 3. The monoisotopic (exact) mass is 216 g/mol. The number of carbonyl (C=O) groups excluding carboxylic acids is 1. The van der Waals surface area contributed by atoms with Crippen molar-refractivity contribution in [2.75, 3.05) is 7.11 Å². The molecule has 12 heavy (non-hydrogen) atoms. The van der Waals surface area contributed by atoms with E-state index in [0.717, 1.165) is 0 Å². The summed E-state index contributed by atoms with van der Waals surface area (Å²) < 4.78 is 0. The quantitative estimate of drug-likeness (QED) is 0.427. The molecule has 0 aromatic heterocycles. The number of carbonyl (C=O) groups is 1. The van der Waals surface area contributed by atoms with Gasteiger partial charge in [-0.25, -0.2) is 4.79 Å². The van der Waals surface area contributed by atoms with Crippen molar-refractivity contribution in [2.45, 2.75) is 0 Å². The Hall–Kier alpha value is -0.727. The van der Waals surface area contributed by atoms with E-state index in [0.29, 0.717) is 5.56 Å². The first-order chi connectivity index (χ1) is 5.34. The van der Waals surface area contributed by atoms with E-state index < -0.39 is 5.97 Å². The Morgan fingerprint density at radius 1 is 1.25 bits per heavy atom. The van der Waals surface area contributed by atoms with Gasteiger partial charge in [0.25, 0.3) is 0 Å². The number of hydrogen-bond donors (Lipinski definition) is 0. The fourth-order valence-electron chi connectivity index (χ4n) is 0.698. The fourth-order valence-corrected chi connectivity index (χ4v) is 0.698. The third-order valence-electron chi connectivity index (χ3n) is 1.17. The minimum absolute atomic E-state index is 0. The molecule has 0 atom stereocenters. The molecule has 0 spiro atoms. The standard InChI is InChI=1S/C8H8O3.Zn/c1-10-11-8(9)7-5-3-2-4-6-7;/h2-6H,1H3;. The zero-order valence-electron chi connectivity index (χ0n) is 6.82. The summed E-state index contributed by atoms with van der Waals surface area (Å²) in [5, 5.41) is 0. The van der Waals surface area contributed by atoms with Crippen LogP contribution in [0.3, 0.4) is 0 Å². The maximum Gasteiger partial charge on any atom is 0.373 e. The first kappa shape index (κ1) is 11.3. The van der Waals surface area contributed by atoms with E-state index in [2.05, 4.69) is 9.78 Å². The van der Waals surface area contributed by atoms with Crippen LogP contribution in [0.5, 0.6) is 0 Å². The van der Waals surface area contributed by atoms with Crippen molar-refractivity contribution in [1.29, 1.82) is 0 Å². The topological polar surface area (TPSA) is 35.5 Å². The second kappa shape index (κ2) is 5.86. The van der Waals surface area contributed by atoms with Crippen LogP contribution in [0.15, 0.2) is 30.3 Å². The van der Waals surface area contributed by atoms with Crippen molar-refractivity contribution < 1.29 is 34.0 Å². The summed E-state index contributed by atoms with van der Waals surface area (Å²) in [6.07, 6.45) is 0. The van der Waals surface area contributed by atoms with Crippen LogP contribution in [0.2, 0.25) is 0 Å². The molecule has 0 aliphatic carbocycles. The van der Waals surface area contributed by atoms with Crippen LogP contribution in [-0.4, -0.2) is 13.1 Å². The molecule has 0 heterocycles. The van der Waals surface area contributed by atoms with Crippen LogP contribution in [0.25, 0.3) is 0 Å². The van der Waals surface area contributed by atoms with E-state index in [1.807, 2.05) is 6.07 Å². The second-order valence-electron chi connectivity index (χ2n) is 1.90. The normalized spacial score (nSPS) is 8.42. The van der Waals surface area contributed by atoms with Gasteiger partial charge in [0.2, 0.25) is 0 Å². The van der Waals surface area contributed by atoms with Crippen molar-refractivity contribution in [3.63, 3.8) is 0 Å². The second-order valence-corrected chi connectivity index (χ2v) is 1.90. The smallest absolute Gasteiger partial charge is 0.293 e. The molecule has 0 aliphatic heterocycles. The first-order valence-corrected chi connectivity index (χ1v) is 3.14. The molecule has 60 valence electrons. The van der Waals surface area contributed by atoms with Crippen LogP contribution < -0.4 is 0 Å². The molecule has 0 N–H and O–H groups in total. The maximum absolute atomic E-state index is 10.9. The van der Waals surface area contributed by atoms with E-state index >= 15 is 0 Å². The van der Waals surface area contributed by atoms with Gasteiger partial charge in [0.05, 0.1) is 12.7 Å². The molecular formula is C8H8O3Zn. The molecule has 0 saturated heterocycles. The van der Waals surface area contributed by atoms with Gasteiger partial charge in [-0.3, -0.25) is 4.89 Å². The maximum atomic E-state index is 10.9. The predicted octanol–water partition coefficient (Wildman–Crippen LogP) is 1.40. The summed E-state index contributed by atoms with van der Waals surface area (Å²) in [5.74, 6) is -0.479. The van der Waals surface area contributed by atoms with Gasteiger partial charge in [-0.1, -0.05) is 18.2 Å². The largest absolute Gasteiger partial charge is 0.373 e. The van der Waals surface area contributed by atoms with Gasteiger partial charge in [-0.2, -0.15) is 4.89 Å². The zero-order valence-corrected chi connectivity index (χ0v) is 9.79. The van der Waals surface area contributed by atoms with Crippen LogP contribution in [0.4, 0.5) is 0 Å². The average molecular weight is 218 g/mol. The molecule has 0 saturated carbocycles. The van der Waals surface area contributed by atoms with Crippen molar-refractivity contribution in [3.8, 4) is 0 Å². The zero-order chi connectivity index (χ0) is 8.10. The molecule has 0 aliphatic rings. The van der Waals surface area contributed by atoms with Crippen molar-refractivity contribution in [2.24, 2.45) is 0 Å². The van der Waals surface area contributed by atoms with Gasteiger partial charge < -0.3 is 0 Å². The van der Waals surface area contributed by atoms with Crippen LogP contribution in [0.1, 0.15) is 10.4 Å². The Labute approximate surface area is 83.4 Å². The van der Waals surface area contributed by atoms with Crippen molar-refractivity contribution in [1.82, 2.24) is 0 Å². The summed E-state index contributed by atoms with van der Waals surface area (Å²) >= 11 is 0. The summed E-state index contributed by atoms with van der Waals surface area (Å²) in [6.45, 7) is 0. The van der Waals surface area contributed by atoms with Crippen LogP contribution >= 0.6 is 0 Å². The Morgan fingerprint density at radius 3 is 2.33 bits per heavy atom. The summed E-state index contributed by atoms with van der Waals surface area (Å²) in [5.41, 5.74) is 0.481. The molecule has 1 rings (SSSR count). The molecule has 3 nitrogen and oxygen atoms in total. The van der Waals surface area contributed by atoms with E-state index in [-0.39, 0.29) is 19.5 Å². The van der Waals surface area contributed by atoms with Gasteiger partial charge in [-0.15, -0.1) is 0 Å². The molecule has 0 bridgehead atoms. The molecule has 0 unspecified atom stereocenters. The number of benzene rings is 1. The Kier molecular flexibility index (Phi) is 5.51. The third-order valence-corrected chi connectivity index (χ3v) is 1.17. The van der Waals surface area contributed by atoms with E-state index in [9.17, 15) is 4.79 Å². The van der Waals surface area contributed by atoms with Gasteiger partial charge in [0, 0.05) is 19.5 Å². The molecule has 1 aromatic rings. The minimum Gasteiger partial charge on any atom is -0.293 e. The number of rotatable bonds is 2. The van der Waals surface area contributed by atoms with Crippen LogP contribution in [-0.2, 0) is 29.3 Å². The molecule has 0 radical (unpaired) electrons. The van der Waals surface area contributed by atoms with Crippen molar-refractivity contribution in [3.05, 3.63) is 35.9 Å². The van der Waals surface area contributed by atoms with Gasteiger partial charge >= 0.3 is 5.97 Å². The van der Waals surface area contributed by atoms with E-state index in [1.54, 1.807) is 24.3 Å². The summed E-state index contributed by atoms with van der Waals surface area (Å²) in [4.78, 5) is 19.4. The Morgan fingerprint density at radius 2 is 1.83 bits per heavy atom. The molecule has 0 amide bonds. The molecular weight excluding hydrogens is 209 g/mol. The van der Waals surface area contributed by atoms with Gasteiger partial charge in [0.15, 0.2) is 0 Å². The fraction of sp³-hybridized carbons (Fsp3) is 0.125. The SMILES string of the molecule is COOC(=O)c1ccccc1.[Zn].